The van der Waals surface area contributed by atoms with E-state index in [1.165, 1.54) is 5.34 Å². The van der Waals surface area contributed by atoms with E-state index in [9.17, 15) is 14.9 Å². The van der Waals surface area contributed by atoms with Crippen molar-refractivity contribution in [3.63, 3.8) is 0 Å². The third-order valence-corrected chi connectivity index (χ3v) is 0.508. The third-order valence-electron chi connectivity index (χ3n) is 0.508. The van der Waals surface area contributed by atoms with Gasteiger partial charge in [0.1, 0.15) is 6.42 Å². The van der Waals surface area contributed by atoms with Gasteiger partial charge >= 0.3 is 5.97 Å². The molecule has 0 aliphatic rings. The normalized spacial score (nSPS) is 7.27. The van der Waals surface area contributed by atoms with Crippen LogP contribution >= 0.6 is 0 Å². The van der Waals surface area contributed by atoms with Crippen LogP contribution in [0.25, 0.3) is 0 Å². The van der Waals surface area contributed by atoms with Gasteiger partial charge in [0.2, 0.25) is 6.54 Å². The van der Waals surface area contributed by atoms with Gasteiger partial charge in [0, 0.05) is 4.92 Å². The van der Waals surface area contributed by atoms with Gasteiger partial charge in [-0.05, 0) is 0 Å². The van der Waals surface area contributed by atoms with Crippen LogP contribution in [-0.2, 0) is 4.79 Å². The molecule has 0 aliphatic carbocycles. The molecule has 0 fully saturated rings. The molecule has 0 rings (SSSR count). The molecule has 64 valence electrons. The Hall–Kier alpha value is -1.73. The van der Waals surface area contributed by atoms with Gasteiger partial charge in [-0.2, -0.15) is 0 Å². The lowest BCUT2D eigenvalue weighted by molar-refractivity contribution is -0.478. The number of aliphatic carboxylic acids is 1. The van der Waals surface area contributed by atoms with Crippen LogP contribution in [0.4, 0.5) is 0 Å². The molecule has 0 bridgehead atoms. The highest BCUT2D eigenvalue weighted by Gasteiger charge is 2.01. The molecule has 8 heteroatoms. The summed E-state index contributed by atoms with van der Waals surface area (Å²) in [7, 11) is 0. The van der Waals surface area contributed by atoms with Gasteiger partial charge in [-0.25, -0.2) is 0 Å². The molecular weight excluding hydrogens is 160 g/mol. The highest BCUT2D eigenvalue weighted by atomic mass is 16.6. The van der Waals surface area contributed by atoms with E-state index in [4.69, 9.17) is 15.2 Å². The zero-order valence-electron chi connectivity index (χ0n) is 5.34. The van der Waals surface area contributed by atoms with Gasteiger partial charge < -0.3 is 10.3 Å². The summed E-state index contributed by atoms with van der Waals surface area (Å²) in [6, 6.07) is 0. The Labute approximate surface area is 60.5 Å². The summed E-state index contributed by atoms with van der Waals surface area (Å²) >= 11 is 0. The van der Waals surface area contributed by atoms with E-state index >= 15 is 0 Å². The monoisotopic (exact) mass is 166 g/mol. The van der Waals surface area contributed by atoms with Crippen molar-refractivity contribution in [3.8, 4) is 0 Å². The zero-order chi connectivity index (χ0) is 9.28. The molecule has 0 amide bonds. The Kier molecular flexibility index (Phi) is 9.02. The molecule has 0 unspecified atom stereocenters. The number of nitro groups is 1. The van der Waals surface area contributed by atoms with E-state index in [-0.39, 0.29) is 0 Å². The van der Waals surface area contributed by atoms with Gasteiger partial charge in [0.25, 0.3) is 0 Å². The summed E-state index contributed by atoms with van der Waals surface area (Å²) in [5.41, 5.74) is 0. The van der Waals surface area contributed by atoms with Crippen LogP contribution in [0.5, 0.6) is 0 Å². The fraction of sp³-hybridized carbons (Fsp3) is 0.667. The first-order valence-corrected chi connectivity index (χ1v) is 2.35. The third kappa shape index (κ3) is 30.4. The van der Waals surface area contributed by atoms with Crippen LogP contribution in [0.3, 0.4) is 0 Å². The maximum Gasteiger partial charge on any atom is 0.310 e. The molecule has 2 N–H and O–H groups in total. The van der Waals surface area contributed by atoms with Crippen molar-refractivity contribution in [2.45, 2.75) is 6.42 Å². The van der Waals surface area contributed by atoms with E-state index in [1.54, 1.807) is 0 Å². The second kappa shape index (κ2) is 8.27. The van der Waals surface area contributed by atoms with E-state index in [0.29, 0.717) is 0 Å². The second-order valence-corrected chi connectivity index (χ2v) is 1.28. The predicted octanol–water partition coefficient (Wildman–Crippen LogP) is -0.120. The van der Waals surface area contributed by atoms with E-state index in [2.05, 4.69) is 0 Å². The summed E-state index contributed by atoms with van der Waals surface area (Å²) in [6.07, 6.45) is -0.396. The van der Waals surface area contributed by atoms with Crippen molar-refractivity contribution in [2.75, 3.05) is 6.54 Å². The molecule has 0 aromatic heterocycles. The van der Waals surface area contributed by atoms with E-state index in [0.717, 1.165) is 0 Å². The topological polar surface area (TPSA) is 130 Å². The molecule has 0 aromatic carbocycles. The number of nitrogens with zero attached hydrogens (tertiary/aromatic N) is 2. The molecule has 0 aliphatic heterocycles. The number of hydrogen-bond acceptors (Lipinski definition) is 5. The first-order chi connectivity index (χ1) is 5.04. The Morgan fingerprint density at radius 3 is 2.09 bits per heavy atom. The molecule has 11 heavy (non-hydrogen) atoms. The van der Waals surface area contributed by atoms with Crippen molar-refractivity contribution in [2.24, 2.45) is 5.34 Å². The average molecular weight is 166 g/mol. The Balaban J connectivity index is 0. The standard InChI is InChI=1S/C3H5NO4.HNO2/c5-3(6)1-2-4(7)8;2-1-3/h1-2H2,(H,5,6);(H,2,3). The summed E-state index contributed by atoms with van der Waals surface area (Å²) in [5.74, 6) is -1.14. The molecule has 0 atom stereocenters. The Bertz CT molecular complexity index is 131. The summed E-state index contributed by atoms with van der Waals surface area (Å²) in [4.78, 5) is 26.5. The molecule has 0 aromatic rings. The van der Waals surface area contributed by atoms with Crippen LogP contribution in [0.15, 0.2) is 5.34 Å². The lowest BCUT2D eigenvalue weighted by Gasteiger charge is -1.84. The van der Waals surface area contributed by atoms with E-state index in [1.807, 2.05) is 0 Å². The predicted molar refractivity (Wildman–Crippen MR) is 31.7 cm³/mol. The minimum atomic E-state index is -1.14. The minimum Gasteiger partial charge on any atom is -0.481 e. The molecule has 0 heterocycles. The molecular formula is C3H6N2O6. The fourth-order valence-electron chi connectivity index (χ4n) is 0.187. The molecule has 0 saturated heterocycles. The Morgan fingerprint density at radius 1 is 1.64 bits per heavy atom. The van der Waals surface area contributed by atoms with Crippen LogP contribution < -0.4 is 0 Å². The molecule has 0 spiro atoms. The van der Waals surface area contributed by atoms with Gasteiger partial charge in [0.05, 0.1) is 0 Å². The average Bonchev–Trinajstić information content (AvgIpc) is 1.85. The van der Waals surface area contributed by atoms with Crippen molar-refractivity contribution < 1.29 is 20.0 Å². The van der Waals surface area contributed by atoms with Crippen molar-refractivity contribution in [1.29, 1.82) is 0 Å². The van der Waals surface area contributed by atoms with Crippen LogP contribution in [0, 0.1) is 15.0 Å². The largest absolute Gasteiger partial charge is 0.481 e. The number of carboxylic acid groups (broad SMARTS) is 1. The fourth-order valence-corrected chi connectivity index (χ4v) is 0.187. The van der Waals surface area contributed by atoms with Crippen LogP contribution in [0.1, 0.15) is 6.42 Å². The van der Waals surface area contributed by atoms with Crippen LogP contribution in [-0.4, -0.2) is 27.8 Å². The first-order valence-electron chi connectivity index (χ1n) is 2.35. The number of carboxylic acids is 1. The lowest BCUT2D eigenvalue weighted by atomic mass is 10.4. The quantitative estimate of drug-likeness (QED) is 0.341. The van der Waals surface area contributed by atoms with Gasteiger partial charge in [-0.3, -0.25) is 14.9 Å². The van der Waals surface area contributed by atoms with Gasteiger partial charge in [0.15, 0.2) is 5.34 Å². The number of carbonyl (C=O) groups is 1. The van der Waals surface area contributed by atoms with Crippen molar-refractivity contribution >= 4 is 5.97 Å². The smallest absolute Gasteiger partial charge is 0.310 e. The Morgan fingerprint density at radius 2 is 2.00 bits per heavy atom. The second-order valence-electron chi connectivity index (χ2n) is 1.28. The maximum atomic E-state index is 9.60. The molecule has 0 radical (unpaired) electrons. The summed E-state index contributed by atoms with van der Waals surface area (Å²) in [5, 5.41) is 25.2. The van der Waals surface area contributed by atoms with Crippen LogP contribution in [0.2, 0.25) is 0 Å². The SMILES string of the molecule is O=C(O)CC[N+](=O)[O-].O=NO. The number of rotatable bonds is 3. The first kappa shape index (κ1) is 12.0. The highest BCUT2D eigenvalue weighted by Crippen LogP contribution is 1.77. The molecule has 0 saturated carbocycles. The van der Waals surface area contributed by atoms with Gasteiger partial charge in [-0.15, -0.1) is 4.91 Å². The summed E-state index contributed by atoms with van der Waals surface area (Å²) in [6.45, 7) is -0.491. The van der Waals surface area contributed by atoms with Crippen molar-refractivity contribution in [3.05, 3.63) is 15.0 Å². The lowest BCUT2D eigenvalue weighted by Crippen LogP contribution is -2.06. The highest BCUT2D eigenvalue weighted by molar-refractivity contribution is 5.66. The number of hydrogen-bond donors (Lipinski definition) is 2. The van der Waals surface area contributed by atoms with Gasteiger partial charge in [-0.1, -0.05) is 0 Å². The van der Waals surface area contributed by atoms with Crippen molar-refractivity contribution in [1.82, 2.24) is 0 Å². The molecule has 8 nitrogen and oxygen atoms in total. The maximum absolute atomic E-state index is 9.60. The zero-order valence-corrected chi connectivity index (χ0v) is 5.34. The minimum absolute atomic E-state index is 0.396. The summed E-state index contributed by atoms with van der Waals surface area (Å²) < 4.78 is 0. The van der Waals surface area contributed by atoms with E-state index < -0.39 is 23.9 Å².